The number of benzene rings is 2. The van der Waals surface area contributed by atoms with Crippen molar-refractivity contribution in [3.05, 3.63) is 58.6 Å². The molecule has 2 aromatic carbocycles. The molecule has 128 valence electrons. The summed E-state index contributed by atoms with van der Waals surface area (Å²) in [6.45, 7) is 1.06. The Kier molecular flexibility index (Phi) is 6.38. The van der Waals surface area contributed by atoms with Gasteiger partial charge >= 0.3 is 5.97 Å². The van der Waals surface area contributed by atoms with Gasteiger partial charge in [0.05, 0.1) is 11.6 Å². The lowest BCUT2D eigenvalue weighted by Gasteiger charge is -2.10. The first-order chi connectivity index (χ1) is 12.0. The summed E-state index contributed by atoms with van der Waals surface area (Å²) in [7, 11) is 0. The summed E-state index contributed by atoms with van der Waals surface area (Å²) in [5.74, 6) is -0.727. The molecule has 0 aliphatic heterocycles. The van der Waals surface area contributed by atoms with Crippen LogP contribution in [0.3, 0.4) is 0 Å². The maximum Gasteiger partial charge on any atom is 0.344 e. The zero-order valence-corrected chi connectivity index (χ0v) is 14.2. The SMILES string of the molecule is Cc1ccc(Cl)cc1NC(=O)COC(=O)COc1ccc(C#N)cc1. The van der Waals surface area contributed by atoms with Gasteiger partial charge in [-0.15, -0.1) is 0 Å². The zero-order chi connectivity index (χ0) is 18.2. The van der Waals surface area contributed by atoms with Crippen molar-refractivity contribution in [3.8, 4) is 11.8 Å². The number of amides is 1. The maximum absolute atomic E-state index is 11.8. The van der Waals surface area contributed by atoms with Crippen molar-refractivity contribution in [3.63, 3.8) is 0 Å². The molecule has 0 unspecified atom stereocenters. The average Bonchev–Trinajstić information content (AvgIpc) is 2.61. The molecule has 25 heavy (non-hydrogen) atoms. The molecular formula is C18H15ClN2O4. The third kappa shape index (κ3) is 5.83. The van der Waals surface area contributed by atoms with Crippen molar-refractivity contribution in [1.29, 1.82) is 5.26 Å². The van der Waals surface area contributed by atoms with E-state index in [0.29, 0.717) is 22.0 Å². The van der Waals surface area contributed by atoms with E-state index in [1.54, 1.807) is 42.5 Å². The van der Waals surface area contributed by atoms with E-state index in [0.717, 1.165) is 5.56 Å². The van der Waals surface area contributed by atoms with Crippen LogP contribution < -0.4 is 10.1 Å². The van der Waals surface area contributed by atoms with E-state index in [1.165, 1.54) is 0 Å². The number of halogens is 1. The van der Waals surface area contributed by atoms with Crippen molar-refractivity contribution < 1.29 is 19.1 Å². The minimum Gasteiger partial charge on any atom is -0.482 e. The summed E-state index contributed by atoms with van der Waals surface area (Å²) >= 11 is 5.88. The van der Waals surface area contributed by atoms with Gasteiger partial charge < -0.3 is 14.8 Å². The zero-order valence-electron chi connectivity index (χ0n) is 13.4. The van der Waals surface area contributed by atoms with Crippen LogP contribution in [0.25, 0.3) is 0 Å². The molecule has 0 saturated carbocycles. The predicted octanol–water partition coefficient (Wildman–Crippen LogP) is 3.08. The molecule has 0 heterocycles. The van der Waals surface area contributed by atoms with Gasteiger partial charge in [0.1, 0.15) is 5.75 Å². The molecule has 1 amide bonds. The lowest BCUT2D eigenvalue weighted by atomic mass is 10.2. The van der Waals surface area contributed by atoms with E-state index in [1.807, 2.05) is 13.0 Å². The monoisotopic (exact) mass is 358 g/mol. The van der Waals surface area contributed by atoms with E-state index in [2.05, 4.69) is 5.32 Å². The first kappa shape index (κ1) is 18.3. The summed E-state index contributed by atoms with van der Waals surface area (Å²) in [6.07, 6.45) is 0. The molecule has 0 spiro atoms. The molecule has 2 rings (SSSR count). The number of carbonyl (C=O) groups excluding carboxylic acids is 2. The van der Waals surface area contributed by atoms with E-state index in [4.69, 9.17) is 26.3 Å². The second kappa shape index (κ2) is 8.71. The van der Waals surface area contributed by atoms with Crippen molar-refractivity contribution in [2.75, 3.05) is 18.5 Å². The Labute approximate surface area is 149 Å². The van der Waals surface area contributed by atoms with Gasteiger partial charge in [-0.05, 0) is 48.9 Å². The number of carbonyl (C=O) groups is 2. The highest BCUT2D eigenvalue weighted by Gasteiger charge is 2.10. The largest absolute Gasteiger partial charge is 0.482 e. The predicted molar refractivity (Wildman–Crippen MR) is 92.4 cm³/mol. The topological polar surface area (TPSA) is 88.4 Å². The number of esters is 1. The number of hydrogen-bond acceptors (Lipinski definition) is 5. The molecule has 0 aromatic heterocycles. The highest BCUT2D eigenvalue weighted by molar-refractivity contribution is 6.31. The van der Waals surface area contributed by atoms with Crippen LogP contribution in [-0.2, 0) is 14.3 Å². The number of hydrogen-bond donors (Lipinski definition) is 1. The molecule has 0 radical (unpaired) electrons. The number of anilines is 1. The third-order valence-electron chi connectivity index (χ3n) is 3.18. The van der Waals surface area contributed by atoms with Crippen LogP contribution in [0.4, 0.5) is 5.69 Å². The minimum absolute atomic E-state index is 0.338. The summed E-state index contributed by atoms with van der Waals surface area (Å²) in [4.78, 5) is 23.4. The Morgan fingerprint density at radius 2 is 1.88 bits per heavy atom. The van der Waals surface area contributed by atoms with Crippen LogP contribution in [0.1, 0.15) is 11.1 Å². The van der Waals surface area contributed by atoms with Crippen LogP contribution in [-0.4, -0.2) is 25.1 Å². The quantitative estimate of drug-likeness (QED) is 0.801. The molecule has 0 fully saturated rings. The Balaban J connectivity index is 1.76. The molecular weight excluding hydrogens is 344 g/mol. The first-order valence-electron chi connectivity index (χ1n) is 7.32. The van der Waals surface area contributed by atoms with Gasteiger partial charge in [0, 0.05) is 10.7 Å². The van der Waals surface area contributed by atoms with Crippen LogP contribution >= 0.6 is 11.6 Å². The van der Waals surface area contributed by atoms with E-state index in [9.17, 15) is 9.59 Å². The Morgan fingerprint density at radius 3 is 2.56 bits per heavy atom. The fourth-order valence-electron chi connectivity index (χ4n) is 1.87. The van der Waals surface area contributed by atoms with Gasteiger partial charge in [-0.25, -0.2) is 4.79 Å². The van der Waals surface area contributed by atoms with Crippen molar-refractivity contribution in [2.24, 2.45) is 0 Å². The molecule has 1 N–H and O–H groups in total. The average molecular weight is 359 g/mol. The fourth-order valence-corrected chi connectivity index (χ4v) is 2.04. The van der Waals surface area contributed by atoms with Gasteiger partial charge in [0.15, 0.2) is 13.2 Å². The Hall–Kier alpha value is -3.04. The number of ether oxygens (including phenoxy) is 2. The van der Waals surface area contributed by atoms with Gasteiger partial charge in [-0.1, -0.05) is 17.7 Å². The second-order valence-corrected chi connectivity index (χ2v) is 5.53. The molecule has 0 aliphatic carbocycles. The van der Waals surface area contributed by atoms with Gasteiger partial charge in [0.2, 0.25) is 0 Å². The van der Waals surface area contributed by atoms with Crippen LogP contribution in [0, 0.1) is 18.3 Å². The Morgan fingerprint density at radius 1 is 1.16 bits per heavy atom. The smallest absolute Gasteiger partial charge is 0.344 e. The number of rotatable bonds is 6. The standard InChI is InChI=1S/C18H15ClN2O4/c1-12-2-5-14(19)8-16(12)21-17(22)10-25-18(23)11-24-15-6-3-13(9-20)4-7-15/h2-8H,10-11H2,1H3,(H,21,22). The minimum atomic E-state index is -0.678. The molecule has 2 aromatic rings. The third-order valence-corrected chi connectivity index (χ3v) is 3.41. The summed E-state index contributed by atoms with van der Waals surface area (Å²) in [5, 5.41) is 11.8. The highest BCUT2D eigenvalue weighted by atomic mass is 35.5. The van der Waals surface area contributed by atoms with Crippen LogP contribution in [0.2, 0.25) is 5.02 Å². The van der Waals surface area contributed by atoms with Crippen LogP contribution in [0.15, 0.2) is 42.5 Å². The van der Waals surface area contributed by atoms with Crippen molar-refractivity contribution in [2.45, 2.75) is 6.92 Å². The van der Waals surface area contributed by atoms with E-state index < -0.39 is 18.5 Å². The number of aryl methyl sites for hydroxylation is 1. The van der Waals surface area contributed by atoms with Crippen molar-refractivity contribution >= 4 is 29.2 Å². The van der Waals surface area contributed by atoms with Gasteiger partial charge in [0.25, 0.3) is 5.91 Å². The number of nitrogens with zero attached hydrogens (tertiary/aromatic N) is 1. The Bertz CT molecular complexity index is 813. The normalized spacial score (nSPS) is 9.80. The molecule has 7 heteroatoms. The van der Waals surface area contributed by atoms with Gasteiger partial charge in [-0.2, -0.15) is 5.26 Å². The summed E-state index contributed by atoms with van der Waals surface area (Å²) in [6, 6.07) is 13.4. The van der Waals surface area contributed by atoms with E-state index in [-0.39, 0.29) is 6.61 Å². The molecule has 0 bridgehead atoms. The van der Waals surface area contributed by atoms with E-state index >= 15 is 0 Å². The molecule has 0 atom stereocenters. The number of nitriles is 1. The fraction of sp³-hybridized carbons (Fsp3) is 0.167. The lowest BCUT2D eigenvalue weighted by molar-refractivity contribution is -0.149. The van der Waals surface area contributed by atoms with Crippen LogP contribution in [0.5, 0.6) is 5.75 Å². The first-order valence-corrected chi connectivity index (χ1v) is 7.70. The lowest BCUT2D eigenvalue weighted by Crippen LogP contribution is -2.24. The molecule has 6 nitrogen and oxygen atoms in total. The van der Waals surface area contributed by atoms with Gasteiger partial charge in [-0.3, -0.25) is 4.79 Å². The highest BCUT2D eigenvalue weighted by Crippen LogP contribution is 2.20. The molecule has 0 aliphatic rings. The summed E-state index contributed by atoms with van der Waals surface area (Å²) < 4.78 is 10.1. The molecule has 0 saturated heterocycles. The summed E-state index contributed by atoms with van der Waals surface area (Å²) in [5.41, 5.74) is 1.89. The van der Waals surface area contributed by atoms with Crippen molar-refractivity contribution in [1.82, 2.24) is 0 Å². The maximum atomic E-state index is 11.8. The number of nitrogens with one attached hydrogen (secondary N) is 1. The second-order valence-electron chi connectivity index (χ2n) is 5.09.